The predicted octanol–water partition coefficient (Wildman–Crippen LogP) is 1.84. The van der Waals surface area contributed by atoms with Crippen LogP contribution >= 0.6 is 0 Å². The van der Waals surface area contributed by atoms with E-state index in [1.807, 2.05) is 0 Å². The van der Waals surface area contributed by atoms with Gasteiger partial charge in [0, 0.05) is 13.1 Å². The maximum Gasteiger partial charge on any atom is 0.194 e. The standard InChI is InChI=1S/C14H33N5/c1-4-7-10-17-13(15)18-14(16)19(11-8-5-2)12-9-6-3/h13,17H,4-12,15H2,1-3H3,(H2,16,18). The van der Waals surface area contributed by atoms with Crippen molar-refractivity contribution in [3.63, 3.8) is 0 Å². The molecule has 0 spiro atoms. The molecule has 0 rings (SSSR count). The fraction of sp³-hybridized carbons (Fsp3) is 0.929. The minimum Gasteiger partial charge on any atom is -0.370 e. The van der Waals surface area contributed by atoms with Gasteiger partial charge in [0.15, 0.2) is 12.2 Å². The molecule has 0 heterocycles. The van der Waals surface area contributed by atoms with Gasteiger partial charge in [0.2, 0.25) is 0 Å². The highest BCUT2D eigenvalue weighted by molar-refractivity contribution is 5.78. The average Bonchev–Trinajstić information content (AvgIpc) is 2.39. The Labute approximate surface area is 118 Å². The smallest absolute Gasteiger partial charge is 0.194 e. The topological polar surface area (TPSA) is 79.7 Å². The highest BCUT2D eigenvalue weighted by Crippen LogP contribution is 1.99. The second-order valence-corrected chi connectivity index (χ2v) is 4.93. The van der Waals surface area contributed by atoms with Crippen LogP contribution in [0.4, 0.5) is 0 Å². The molecule has 5 N–H and O–H groups in total. The summed E-state index contributed by atoms with van der Waals surface area (Å²) < 4.78 is 0. The zero-order valence-corrected chi connectivity index (χ0v) is 13.0. The summed E-state index contributed by atoms with van der Waals surface area (Å²) in [7, 11) is 0. The zero-order chi connectivity index (χ0) is 14.5. The summed E-state index contributed by atoms with van der Waals surface area (Å²) in [5.74, 6) is 0.568. The number of unbranched alkanes of at least 4 members (excludes halogenated alkanes) is 3. The van der Waals surface area contributed by atoms with Crippen LogP contribution in [0.3, 0.4) is 0 Å². The van der Waals surface area contributed by atoms with Crippen LogP contribution in [0.25, 0.3) is 0 Å². The van der Waals surface area contributed by atoms with E-state index >= 15 is 0 Å². The number of nitrogens with two attached hydrogens (primary N) is 2. The van der Waals surface area contributed by atoms with Crippen molar-refractivity contribution < 1.29 is 0 Å². The van der Waals surface area contributed by atoms with Crippen molar-refractivity contribution in [2.75, 3.05) is 19.6 Å². The highest BCUT2D eigenvalue weighted by atomic mass is 15.3. The Hall–Kier alpha value is -0.810. The van der Waals surface area contributed by atoms with Crippen LogP contribution in [-0.4, -0.2) is 36.8 Å². The summed E-state index contributed by atoms with van der Waals surface area (Å²) in [6.45, 7) is 9.34. The molecule has 0 saturated carbocycles. The molecule has 0 fully saturated rings. The largest absolute Gasteiger partial charge is 0.370 e. The fourth-order valence-corrected chi connectivity index (χ4v) is 1.74. The molecule has 0 saturated heterocycles. The molecule has 5 heteroatoms. The third-order valence-electron chi connectivity index (χ3n) is 3.04. The van der Waals surface area contributed by atoms with Gasteiger partial charge in [-0.25, -0.2) is 4.99 Å². The Morgan fingerprint density at radius 2 is 1.58 bits per heavy atom. The minimum atomic E-state index is -0.391. The second kappa shape index (κ2) is 12.2. The first-order valence-electron chi connectivity index (χ1n) is 7.72. The lowest BCUT2D eigenvalue weighted by atomic mass is 10.3. The van der Waals surface area contributed by atoms with Gasteiger partial charge < -0.3 is 10.6 Å². The van der Waals surface area contributed by atoms with Gasteiger partial charge in [-0.3, -0.25) is 11.1 Å². The van der Waals surface area contributed by atoms with Crippen molar-refractivity contribution >= 4 is 5.96 Å². The Bertz CT molecular complexity index is 222. The van der Waals surface area contributed by atoms with Crippen LogP contribution in [0.15, 0.2) is 4.99 Å². The van der Waals surface area contributed by atoms with Crippen molar-refractivity contribution in [1.82, 2.24) is 10.2 Å². The van der Waals surface area contributed by atoms with Crippen LogP contribution in [0.1, 0.15) is 59.3 Å². The highest BCUT2D eigenvalue weighted by Gasteiger charge is 2.08. The van der Waals surface area contributed by atoms with Gasteiger partial charge in [0.1, 0.15) is 0 Å². The molecule has 0 aromatic carbocycles. The molecular weight excluding hydrogens is 238 g/mol. The SMILES string of the molecule is CCCCNC(N)N=C(N)N(CCCC)CCCC. The average molecular weight is 271 g/mol. The summed E-state index contributed by atoms with van der Waals surface area (Å²) in [5, 5.41) is 3.17. The normalized spacial score (nSPS) is 13.6. The summed E-state index contributed by atoms with van der Waals surface area (Å²) >= 11 is 0. The van der Waals surface area contributed by atoms with Crippen LogP contribution in [-0.2, 0) is 0 Å². The van der Waals surface area contributed by atoms with Gasteiger partial charge in [-0.1, -0.05) is 40.0 Å². The summed E-state index contributed by atoms with van der Waals surface area (Å²) in [4.78, 5) is 6.49. The second-order valence-electron chi connectivity index (χ2n) is 4.93. The van der Waals surface area contributed by atoms with Gasteiger partial charge in [0.25, 0.3) is 0 Å². The van der Waals surface area contributed by atoms with E-state index in [1.165, 1.54) is 0 Å². The van der Waals surface area contributed by atoms with Gasteiger partial charge in [-0.15, -0.1) is 0 Å². The van der Waals surface area contributed by atoms with E-state index in [0.29, 0.717) is 5.96 Å². The predicted molar refractivity (Wildman–Crippen MR) is 83.9 cm³/mol. The van der Waals surface area contributed by atoms with Gasteiger partial charge >= 0.3 is 0 Å². The first kappa shape index (κ1) is 18.2. The first-order valence-corrected chi connectivity index (χ1v) is 7.72. The number of rotatable bonds is 11. The Balaban J connectivity index is 4.26. The maximum atomic E-state index is 6.06. The number of hydrogen-bond acceptors (Lipinski definition) is 3. The maximum absolute atomic E-state index is 6.06. The van der Waals surface area contributed by atoms with E-state index in [-0.39, 0.29) is 0 Å². The van der Waals surface area contributed by atoms with Crippen LogP contribution < -0.4 is 16.8 Å². The van der Waals surface area contributed by atoms with E-state index in [0.717, 1.165) is 58.2 Å². The summed E-state index contributed by atoms with van der Waals surface area (Å²) in [6.07, 6.45) is 6.47. The fourth-order valence-electron chi connectivity index (χ4n) is 1.74. The number of guanidine groups is 1. The van der Waals surface area contributed by atoms with Crippen molar-refractivity contribution in [2.45, 2.75) is 65.6 Å². The van der Waals surface area contributed by atoms with E-state index < -0.39 is 6.29 Å². The number of nitrogens with zero attached hydrogens (tertiary/aromatic N) is 2. The van der Waals surface area contributed by atoms with Crippen LogP contribution in [0.5, 0.6) is 0 Å². The lowest BCUT2D eigenvalue weighted by molar-refractivity contribution is 0.388. The van der Waals surface area contributed by atoms with Gasteiger partial charge in [0.05, 0.1) is 0 Å². The summed E-state index contributed by atoms with van der Waals surface area (Å²) in [6, 6.07) is 0. The number of aliphatic imine (C=N–C) groups is 1. The van der Waals surface area contributed by atoms with Gasteiger partial charge in [-0.05, 0) is 25.8 Å². The molecule has 0 amide bonds. The molecule has 1 atom stereocenters. The molecule has 0 aliphatic rings. The first-order chi connectivity index (χ1) is 9.15. The van der Waals surface area contributed by atoms with Crippen LogP contribution in [0, 0.1) is 0 Å². The molecule has 19 heavy (non-hydrogen) atoms. The third kappa shape index (κ3) is 9.73. The quantitative estimate of drug-likeness (QED) is 0.232. The zero-order valence-electron chi connectivity index (χ0n) is 13.0. The molecule has 0 aromatic heterocycles. The molecule has 1 unspecified atom stereocenters. The Morgan fingerprint density at radius 3 is 2.05 bits per heavy atom. The molecule has 0 bridgehead atoms. The molecule has 0 radical (unpaired) electrons. The van der Waals surface area contributed by atoms with Gasteiger partial charge in [-0.2, -0.15) is 0 Å². The van der Waals surface area contributed by atoms with E-state index in [2.05, 4.69) is 36.0 Å². The third-order valence-corrected chi connectivity index (χ3v) is 3.04. The molecule has 114 valence electrons. The molecule has 0 aliphatic carbocycles. The Morgan fingerprint density at radius 1 is 1.05 bits per heavy atom. The lowest BCUT2D eigenvalue weighted by Crippen LogP contribution is -2.44. The molecule has 5 nitrogen and oxygen atoms in total. The summed E-state index contributed by atoms with van der Waals surface area (Å²) in [5.41, 5.74) is 12.0. The van der Waals surface area contributed by atoms with E-state index in [1.54, 1.807) is 0 Å². The van der Waals surface area contributed by atoms with E-state index in [4.69, 9.17) is 11.5 Å². The number of hydrogen-bond donors (Lipinski definition) is 3. The lowest BCUT2D eigenvalue weighted by Gasteiger charge is -2.24. The molecule has 0 aromatic rings. The minimum absolute atomic E-state index is 0.391. The Kier molecular flexibility index (Phi) is 11.7. The van der Waals surface area contributed by atoms with E-state index in [9.17, 15) is 0 Å². The molecule has 0 aliphatic heterocycles. The van der Waals surface area contributed by atoms with Crippen molar-refractivity contribution in [3.05, 3.63) is 0 Å². The van der Waals surface area contributed by atoms with Crippen molar-refractivity contribution in [1.29, 1.82) is 0 Å². The van der Waals surface area contributed by atoms with Crippen LogP contribution in [0.2, 0.25) is 0 Å². The monoisotopic (exact) mass is 271 g/mol. The van der Waals surface area contributed by atoms with Crippen molar-refractivity contribution in [3.8, 4) is 0 Å². The number of nitrogens with one attached hydrogen (secondary N) is 1. The van der Waals surface area contributed by atoms with Crippen molar-refractivity contribution in [2.24, 2.45) is 16.5 Å². The molecular formula is C14H33N5.